The first-order chi connectivity index (χ1) is 9.71. The highest BCUT2D eigenvalue weighted by molar-refractivity contribution is 5.89. The van der Waals surface area contributed by atoms with Crippen LogP contribution in [-0.2, 0) is 6.54 Å². The van der Waals surface area contributed by atoms with E-state index in [0.717, 1.165) is 18.2 Å². The number of hydrogen-bond donors (Lipinski definition) is 1. The number of nitrogens with two attached hydrogens (primary N) is 1. The average Bonchev–Trinajstić information content (AvgIpc) is 2.48. The van der Waals surface area contributed by atoms with Gasteiger partial charge in [-0.05, 0) is 31.5 Å². The summed E-state index contributed by atoms with van der Waals surface area (Å²) in [5, 5.41) is 1.41. The number of aryl methyl sites for hydroxylation is 1. The summed E-state index contributed by atoms with van der Waals surface area (Å²) in [6, 6.07) is 5.43. The molecule has 20 heavy (non-hydrogen) atoms. The number of hydrogen-bond acceptors (Lipinski definition) is 4. The Bertz CT molecular complexity index is 649. The quantitative estimate of drug-likeness (QED) is 0.816. The Hall–Kier alpha value is -2.01. The minimum absolute atomic E-state index is 0.0308. The zero-order chi connectivity index (χ0) is 14.5. The molecule has 0 spiro atoms. The van der Waals surface area contributed by atoms with Crippen molar-refractivity contribution in [2.75, 3.05) is 20.8 Å². The van der Waals surface area contributed by atoms with E-state index in [-0.39, 0.29) is 5.56 Å². The fourth-order valence-electron chi connectivity index (χ4n) is 2.23. The molecule has 0 saturated heterocycles. The molecule has 2 N–H and O–H groups in total. The van der Waals surface area contributed by atoms with Crippen LogP contribution in [0.1, 0.15) is 12.8 Å². The van der Waals surface area contributed by atoms with Gasteiger partial charge >= 0.3 is 0 Å². The van der Waals surface area contributed by atoms with Crippen LogP contribution in [-0.4, -0.2) is 25.3 Å². The highest BCUT2D eigenvalue weighted by Gasteiger charge is 2.09. The first-order valence-electron chi connectivity index (χ1n) is 6.66. The molecule has 0 radical (unpaired) electrons. The number of fused-ring (bicyclic) bond motifs is 1. The first kappa shape index (κ1) is 14.4. The van der Waals surface area contributed by atoms with Crippen LogP contribution < -0.4 is 20.8 Å². The Balaban J connectivity index is 2.51. The molecular formula is C15H20N2O3. The van der Waals surface area contributed by atoms with E-state index in [1.54, 1.807) is 37.1 Å². The fraction of sp³-hybridized carbons (Fsp3) is 0.400. The largest absolute Gasteiger partial charge is 0.497 e. The van der Waals surface area contributed by atoms with Crippen LogP contribution in [0.25, 0.3) is 10.8 Å². The lowest BCUT2D eigenvalue weighted by molar-refractivity contribution is 0.398. The molecule has 0 saturated carbocycles. The lowest BCUT2D eigenvalue weighted by Crippen LogP contribution is -2.20. The smallest absolute Gasteiger partial charge is 0.258 e. The number of unbranched alkanes of at least 4 members (excludes halogenated alkanes) is 1. The van der Waals surface area contributed by atoms with Crippen molar-refractivity contribution in [3.8, 4) is 11.5 Å². The molecule has 0 unspecified atom stereocenters. The van der Waals surface area contributed by atoms with Gasteiger partial charge in [0.2, 0.25) is 0 Å². The van der Waals surface area contributed by atoms with Crippen molar-refractivity contribution in [1.82, 2.24) is 4.57 Å². The molecule has 0 atom stereocenters. The van der Waals surface area contributed by atoms with Crippen LogP contribution in [0.3, 0.4) is 0 Å². The summed E-state index contributed by atoms with van der Waals surface area (Å²) in [7, 11) is 3.16. The molecule has 108 valence electrons. The van der Waals surface area contributed by atoms with Gasteiger partial charge in [-0.2, -0.15) is 0 Å². The zero-order valence-electron chi connectivity index (χ0n) is 11.9. The van der Waals surface area contributed by atoms with E-state index >= 15 is 0 Å². The van der Waals surface area contributed by atoms with Gasteiger partial charge in [-0.15, -0.1) is 0 Å². The Kier molecular flexibility index (Phi) is 4.63. The molecule has 0 amide bonds. The van der Waals surface area contributed by atoms with Crippen LogP contribution in [0.2, 0.25) is 0 Å². The van der Waals surface area contributed by atoms with Crippen molar-refractivity contribution < 1.29 is 9.47 Å². The van der Waals surface area contributed by atoms with E-state index < -0.39 is 0 Å². The van der Waals surface area contributed by atoms with Crippen molar-refractivity contribution in [2.45, 2.75) is 19.4 Å². The van der Waals surface area contributed by atoms with Gasteiger partial charge in [0.15, 0.2) is 0 Å². The van der Waals surface area contributed by atoms with Gasteiger partial charge in [0.25, 0.3) is 5.56 Å². The second-order valence-electron chi connectivity index (χ2n) is 4.60. The summed E-state index contributed by atoms with van der Waals surface area (Å²) in [6.45, 7) is 1.31. The molecule has 5 nitrogen and oxygen atoms in total. The highest BCUT2D eigenvalue weighted by atomic mass is 16.5. The molecule has 1 aromatic heterocycles. The average molecular weight is 276 g/mol. The molecular weight excluding hydrogens is 256 g/mol. The van der Waals surface area contributed by atoms with E-state index in [9.17, 15) is 4.79 Å². The first-order valence-corrected chi connectivity index (χ1v) is 6.66. The maximum absolute atomic E-state index is 12.5. The van der Waals surface area contributed by atoms with Crippen LogP contribution in [0, 0.1) is 0 Å². The Morgan fingerprint density at radius 1 is 1.15 bits per heavy atom. The highest BCUT2D eigenvalue weighted by Crippen LogP contribution is 2.29. The van der Waals surface area contributed by atoms with Gasteiger partial charge in [-0.25, -0.2) is 0 Å². The molecule has 0 aliphatic heterocycles. The molecule has 0 bridgehead atoms. The number of aromatic nitrogens is 1. The van der Waals surface area contributed by atoms with Gasteiger partial charge in [0.05, 0.1) is 19.6 Å². The third-order valence-corrected chi connectivity index (χ3v) is 3.34. The number of nitrogens with zero attached hydrogens (tertiary/aromatic N) is 1. The third-order valence-electron chi connectivity index (χ3n) is 3.34. The Morgan fingerprint density at radius 3 is 2.60 bits per heavy atom. The molecule has 2 aromatic rings. The Morgan fingerprint density at radius 2 is 1.95 bits per heavy atom. The van der Waals surface area contributed by atoms with E-state index in [2.05, 4.69) is 0 Å². The molecule has 0 fully saturated rings. The summed E-state index contributed by atoms with van der Waals surface area (Å²) >= 11 is 0. The number of methoxy groups -OCH3 is 2. The van der Waals surface area contributed by atoms with Gasteiger partial charge in [0.1, 0.15) is 11.5 Å². The second-order valence-corrected chi connectivity index (χ2v) is 4.60. The molecule has 5 heteroatoms. The fourth-order valence-corrected chi connectivity index (χ4v) is 2.23. The monoisotopic (exact) mass is 276 g/mol. The molecule has 0 aliphatic carbocycles. The van der Waals surface area contributed by atoms with Crippen molar-refractivity contribution in [1.29, 1.82) is 0 Å². The van der Waals surface area contributed by atoms with Crippen LogP contribution in [0.5, 0.6) is 11.5 Å². The predicted octanol–water partition coefficient (Wildman–Crippen LogP) is 1.76. The zero-order valence-corrected chi connectivity index (χ0v) is 11.9. The lowest BCUT2D eigenvalue weighted by Gasteiger charge is -2.11. The van der Waals surface area contributed by atoms with Crippen molar-refractivity contribution >= 4 is 10.8 Å². The number of ether oxygens (including phenoxy) is 2. The maximum atomic E-state index is 12.5. The third kappa shape index (κ3) is 2.77. The summed E-state index contributed by atoms with van der Waals surface area (Å²) in [6.07, 6.45) is 3.60. The summed E-state index contributed by atoms with van der Waals surface area (Å²) < 4.78 is 12.2. The number of pyridine rings is 1. The lowest BCUT2D eigenvalue weighted by atomic mass is 10.1. The standard InChI is InChI=1S/C15H20N2O3/c1-19-11-9-13-12(14(10-11)20-2)5-8-17(15(13)18)7-4-3-6-16/h5,8-10H,3-4,6-7,16H2,1-2H3. The van der Waals surface area contributed by atoms with Crippen LogP contribution >= 0.6 is 0 Å². The van der Waals surface area contributed by atoms with E-state index in [1.165, 1.54) is 0 Å². The van der Waals surface area contributed by atoms with Gasteiger partial charge in [0, 0.05) is 24.2 Å². The van der Waals surface area contributed by atoms with Crippen molar-refractivity contribution in [3.05, 3.63) is 34.7 Å². The maximum Gasteiger partial charge on any atom is 0.258 e. The molecule has 2 rings (SSSR count). The summed E-state index contributed by atoms with van der Waals surface area (Å²) in [5.74, 6) is 1.26. The van der Waals surface area contributed by atoms with E-state index in [4.69, 9.17) is 15.2 Å². The van der Waals surface area contributed by atoms with Gasteiger partial charge in [-0.1, -0.05) is 0 Å². The van der Waals surface area contributed by atoms with Gasteiger partial charge in [-0.3, -0.25) is 4.79 Å². The minimum atomic E-state index is -0.0308. The summed E-state index contributed by atoms with van der Waals surface area (Å²) in [4.78, 5) is 12.5. The number of benzene rings is 1. The SMILES string of the molecule is COc1cc(OC)c2ccn(CCCCN)c(=O)c2c1. The molecule has 1 aromatic carbocycles. The van der Waals surface area contributed by atoms with E-state index in [1.807, 2.05) is 6.07 Å². The van der Waals surface area contributed by atoms with Crippen LogP contribution in [0.15, 0.2) is 29.2 Å². The van der Waals surface area contributed by atoms with Crippen molar-refractivity contribution in [2.24, 2.45) is 5.73 Å². The Labute approximate surface area is 117 Å². The molecule has 0 aliphatic rings. The molecule has 1 heterocycles. The second kappa shape index (κ2) is 6.43. The minimum Gasteiger partial charge on any atom is -0.497 e. The van der Waals surface area contributed by atoms with Gasteiger partial charge < -0.3 is 19.8 Å². The van der Waals surface area contributed by atoms with Crippen LogP contribution in [0.4, 0.5) is 0 Å². The normalized spacial score (nSPS) is 10.8. The summed E-state index contributed by atoms with van der Waals surface area (Å²) in [5.41, 5.74) is 5.45. The topological polar surface area (TPSA) is 66.5 Å². The number of rotatable bonds is 6. The van der Waals surface area contributed by atoms with Crippen molar-refractivity contribution in [3.63, 3.8) is 0 Å². The predicted molar refractivity (Wildman–Crippen MR) is 79.6 cm³/mol. The van der Waals surface area contributed by atoms with E-state index in [0.29, 0.717) is 30.0 Å².